The van der Waals surface area contributed by atoms with Gasteiger partial charge in [-0.3, -0.25) is 0 Å². The molecule has 0 N–H and O–H groups in total. The van der Waals surface area contributed by atoms with Crippen molar-refractivity contribution >= 4 is 16.5 Å². The normalized spacial score (nSPS) is 18.4. The lowest BCUT2D eigenvalue weighted by atomic mass is 9.88. The van der Waals surface area contributed by atoms with Crippen molar-refractivity contribution in [2.75, 3.05) is 32.1 Å². The molecule has 1 atom stereocenters. The first kappa shape index (κ1) is 15.9. The van der Waals surface area contributed by atoms with E-state index in [1.807, 2.05) is 19.1 Å². The van der Waals surface area contributed by atoms with Gasteiger partial charge >= 0.3 is 0 Å². The third kappa shape index (κ3) is 2.01. The van der Waals surface area contributed by atoms with Crippen molar-refractivity contribution in [2.24, 2.45) is 0 Å². The predicted octanol–water partition coefficient (Wildman–Crippen LogP) is 4.45. The second-order valence-corrected chi connectivity index (χ2v) is 7.07. The molecule has 0 aliphatic carbocycles. The molecule has 3 aromatic carbocycles. The Morgan fingerprint density at radius 3 is 2.54 bits per heavy atom. The Bertz CT molecular complexity index is 1130. The van der Waals surface area contributed by atoms with Crippen LogP contribution in [-0.4, -0.2) is 27.2 Å². The first-order valence-electron chi connectivity index (χ1n) is 9.40. The standard InChI is InChI=1S/C22H19NO5/c1-3-24-22-19-13(6-7-16-21(19)28-11-25-16)14-5-4-12-8-17-18(27-10-26-17)9-15(12)20(14)23(22)2/h4-9,22H,3,10-11H2,1-2H3/t22-/m0/s1. The molecule has 6 nitrogen and oxygen atoms in total. The van der Waals surface area contributed by atoms with Crippen molar-refractivity contribution < 1.29 is 23.7 Å². The van der Waals surface area contributed by atoms with E-state index in [1.165, 1.54) is 0 Å². The van der Waals surface area contributed by atoms with Gasteiger partial charge in [0.2, 0.25) is 13.6 Å². The van der Waals surface area contributed by atoms with Crippen LogP contribution in [-0.2, 0) is 4.74 Å². The highest BCUT2D eigenvalue weighted by Crippen LogP contribution is 2.54. The zero-order valence-corrected chi connectivity index (χ0v) is 15.7. The van der Waals surface area contributed by atoms with Gasteiger partial charge < -0.3 is 28.6 Å². The molecule has 3 aliphatic heterocycles. The van der Waals surface area contributed by atoms with Crippen LogP contribution in [0.25, 0.3) is 21.9 Å². The van der Waals surface area contributed by atoms with Crippen LogP contribution >= 0.6 is 0 Å². The molecule has 3 aromatic rings. The van der Waals surface area contributed by atoms with Crippen LogP contribution in [0.15, 0.2) is 36.4 Å². The van der Waals surface area contributed by atoms with Gasteiger partial charge in [0.1, 0.15) is 0 Å². The highest BCUT2D eigenvalue weighted by molar-refractivity contribution is 6.05. The Morgan fingerprint density at radius 1 is 0.929 bits per heavy atom. The van der Waals surface area contributed by atoms with E-state index in [4.69, 9.17) is 23.7 Å². The van der Waals surface area contributed by atoms with E-state index in [0.717, 1.165) is 56.1 Å². The maximum atomic E-state index is 6.18. The number of benzene rings is 3. The Hall–Kier alpha value is -3.12. The minimum Gasteiger partial charge on any atom is -0.454 e. The maximum absolute atomic E-state index is 6.18. The summed E-state index contributed by atoms with van der Waals surface area (Å²) in [4.78, 5) is 2.17. The van der Waals surface area contributed by atoms with E-state index >= 15 is 0 Å². The minimum atomic E-state index is -0.264. The van der Waals surface area contributed by atoms with Crippen molar-refractivity contribution in [3.8, 4) is 34.1 Å². The summed E-state index contributed by atoms with van der Waals surface area (Å²) >= 11 is 0. The number of anilines is 1. The summed E-state index contributed by atoms with van der Waals surface area (Å²) in [6.45, 7) is 3.09. The van der Waals surface area contributed by atoms with Crippen LogP contribution in [0.1, 0.15) is 18.7 Å². The molecule has 0 unspecified atom stereocenters. The molecule has 142 valence electrons. The Labute approximate surface area is 162 Å². The second-order valence-electron chi connectivity index (χ2n) is 7.07. The molecule has 0 radical (unpaired) electrons. The van der Waals surface area contributed by atoms with Gasteiger partial charge in [0.15, 0.2) is 29.2 Å². The fraction of sp³-hybridized carbons (Fsp3) is 0.273. The van der Waals surface area contributed by atoms with E-state index in [-0.39, 0.29) is 19.8 Å². The quantitative estimate of drug-likeness (QED) is 0.658. The SMILES string of the molecule is CCO[C@H]1c2c(ccc3c2OCO3)-c2ccc3cc4c(cc3c2N1C)OCO4. The summed E-state index contributed by atoms with van der Waals surface area (Å²) in [6, 6.07) is 12.5. The number of hydrogen-bond acceptors (Lipinski definition) is 6. The van der Waals surface area contributed by atoms with Crippen LogP contribution in [0.4, 0.5) is 5.69 Å². The molecule has 0 fully saturated rings. The van der Waals surface area contributed by atoms with Crippen LogP contribution in [0.3, 0.4) is 0 Å². The number of hydrogen-bond donors (Lipinski definition) is 0. The Kier molecular flexibility index (Phi) is 3.23. The monoisotopic (exact) mass is 377 g/mol. The first-order chi connectivity index (χ1) is 13.8. The average Bonchev–Trinajstić information content (AvgIpc) is 3.36. The Morgan fingerprint density at radius 2 is 1.68 bits per heavy atom. The lowest BCUT2D eigenvalue weighted by Gasteiger charge is -2.38. The van der Waals surface area contributed by atoms with E-state index in [2.05, 4.69) is 36.2 Å². The molecule has 0 saturated carbocycles. The van der Waals surface area contributed by atoms with Crippen molar-refractivity contribution in [3.05, 3.63) is 42.0 Å². The highest BCUT2D eigenvalue weighted by Gasteiger charge is 2.36. The lowest BCUT2D eigenvalue weighted by molar-refractivity contribution is 0.0605. The van der Waals surface area contributed by atoms with Crippen molar-refractivity contribution in [3.63, 3.8) is 0 Å². The average molecular weight is 377 g/mol. The van der Waals surface area contributed by atoms with Crippen molar-refractivity contribution in [2.45, 2.75) is 13.2 Å². The first-order valence-corrected chi connectivity index (χ1v) is 9.40. The molecule has 3 heterocycles. The van der Waals surface area contributed by atoms with Gasteiger partial charge in [-0.15, -0.1) is 0 Å². The molecule has 0 aromatic heterocycles. The lowest BCUT2D eigenvalue weighted by Crippen LogP contribution is -2.31. The number of ether oxygens (including phenoxy) is 5. The topological polar surface area (TPSA) is 49.4 Å². The van der Waals surface area contributed by atoms with E-state index in [1.54, 1.807) is 0 Å². The molecular formula is C22H19NO5. The number of nitrogens with zero attached hydrogens (tertiary/aromatic N) is 1. The number of fused-ring (bicyclic) bond motifs is 8. The van der Waals surface area contributed by atoms with Crippen LogP contribution in [0.2, 0.25) is 0 Å². The summed E-state index contributed by atoms with van der Waals surface area (Å²) in [6.07, 6.45) is -0.264. The molecule has 6 rings (SSSR count). The number of rotatable bonds is 2. The van der Waals surface area contributed by atoms with Gasteiger partial charge in [-0.05, 0) is 42.1 Å². The van der Waals surface area contributed by atoms with E-state index in [0.29, 0.717) is 6.61 Å². The van der Waals surface area contributed by atoms with E-state index in [9.17, 15) is 0 Å². The van der Waals surface area contributed by atoms with Gasteiger partial charge in [-0.2, -0.15) is 0 Å². The Balaban J connectivity index is 1.66. The van der Waals surface area contributed by atoms with Crippen LogP contribution in [0, 0.1) is 0 Å². The van der Waals surface area contributed by atoms with Crippen molar-refractivity contribution in [1.29, 1.82) is 0 Å². The fourth-order valence-electron chi connectivity index (χ4n) is 4.43. The maximum Gasteiger partial charge on any atom is 0.231 e. The van der Waals surface area contributed by atoms with Gasteiger partial charge in [-0.25, -0.2) is 0 Å². The van der Waals surface area contributed by atoms with Crippen LogP contribution < -0.4 is 23.8 Å². The second kappa shape index (κ2) is 5.69. The van der Waals surface area contributed by atoms with Crippen LogP contribution in [0.5, 0.6) is 23.0 Å². The van der Waals surface area contributed by atoms with Crippen molar-refractivity contribution in [1.82, 2.24) is 0 Å². The van der Waals surface area contributed by atoms with Gasteiger partial charge in [0.25, 0.3) is 0 Å². The summed E-state index contributed by atoms with van der Waals surface area (Å²) in [5.74, 6) is 3.11. The molecule has 0 saturated heterocycles. The smallest absolute Gasteiger partial charge is 0.231 e. The summed E-state index contributed by atoms with van der Waals surface area (Å²) in [5, 5.41) is 2.21. The largest absolute Gasteiger partial charge is 0.454 e. The summed E-state index contributed by atoms with van der Waals surface area (Å²) in [7, 11) is 2.06. The summed E-state index contributed by atoms with van der Waals surface area (Å²) < 4.78 is 28.8. The molecular weight excluding hydrogens is 358 g/mol. The molecule has 0 spiro atoms. The predicted molar refractivity (Wildman–Crippen MR) is 104 cm³/mol. The van der Waals surface area contributed by atoms with E-state index < -0.39 is 0 Å². The zero-order chi connectivity index (χ0) is 18.8. The zero-order valence-electron chi connectivity index (χ0n) is 15.7. The van der Waals surface area contributed by atoms with Gasteiger partial charge in [0.05, 0.1) is 11.3 Å². The third-order valence-corrected chi connectivity index (χ3v) is 5.63. The molecule has 3 aliphatic rings. The van der Waals surface area contributed by atoms with Gasteiger partial charge in [-0.1, -0.05) is 12.1 Å². The minimum absolute atomic E-state index is 0.238. The van der Waals surface area contributed by atoms with Gasteiger partial charge in [0, 0.05) is 24.6 Å². The fourth-order valence-corrected chi connectivity index (χ4v) is 4.43. The molecule has 6 heteroatoms. The summed E-state index contributed by atoms with van der Waals surface area (Å²) in [5.41, 5.74) is 4.38. The molecule has 0 amide bonds. The third-order valence-electron chi connectivity index (χ3n) is 5.63. The molecule has 28 heavy (non-hydrogen) atoms. The highest BCUT2D eigenvalue weighted by atomic mass is 16.7. The molecule has 0 bridgehead atoms.